The monoisotopic (exact) mass is 285 g/mol. The summed E-state index contributed by atoms with van der Waals surface area (Å²) in [7, 11) is -1.74. The molecule has 0 aromatic carbocycles. The van der Waals surface area contributed by atoms with Gasteiger partial charge in [-0.15, -0.1) is 0 Å². The van der Waals surface area contributed by atoms with E-state index in [0.717, 1.165) is 18.7 Å². The van der Waals surface area contributed by atoms with Gasteiger partial charge in [0.1, 0.15) is 0 Å². The summed E-state index contributed by atoms with van der Waals surface area (Å²) < 4.78 is 11.2. The Bertz CT molecular complexity index is 358. The second kappa shape index (κ2) is 6.09. The molecule has 1 aliphatic rings. The summed E-state index contributed by atoms with van der Waals surface area (Å²) in [5.74, 6) is -0.280. The van der Waals surface area contributed by atoms with E-state index in [9.17, 15) is 4.79 Å². The lowest BCUT2D eigenvalue weighted by molar-refractivity contribution is -0.137. The number of nitrogens with one attached hydrogen (secondary N) is 1. The van der Waals surface area contributed by atoms with E-state index in [1.54, 1.807) is 6.08 Å². The van der Waals surface area contributed by atoms with Crippen molar-refractivity contribution >= 4 is 14.3 Å². The lowest BCUT2D eigenvalue weighted by atomic mass is 10.2. The van der Waals surface area contributed by atoms with Crippen LogP contribution in [-0.4, -0.2) is 33.5 Å². The Kier molecular flexibility index (Phi) is 5.21. The van der Waals surface area contributed by atoms with Crippen molar-refractivity contribution in [3.8, 4) is 0 Å². The van der Waals surface area contributed by atoms with Gasteiger partial charge in [0.2, 0.25) is 0 Å². The van der Waals surface area contributed by atoms with E-state index in [2.05, 4.69) is 39.2 Å². The smallest absolute Gasteiger partial charge is 0.332 e. The molecule has 5 heteroatoms. The second-order valence-corrected chi connectivity index (χ2v) is 11.3. The first-order valence-electron chi connectivity index (χ1n) is 6.94. The maximum absolute atomic E-state index is 11.4. The Labute approximate surface area is 117 Å². The number of carbonyl (C=O) groups excluding carboxylic acids is 1. The Morgan fingerprint density at radius 3 is 2.63 bits per heavy atom. The molecule has 1 fully saturated rings. The Hall–Kier alpha value is -0.813. The molecule has 0 amide bonds. The van der Waals surface area contributed by atoms with E-state index in [1.165, 1.54) is 0 Å². The van der Waals surface area contributed by atoms with Gasteiger partial charge in [0, 0.05) is 24.7 Å². The van der Waals surface area contributed by atoms with Gasteiger partial charge in [-0.05, 0) is 25.1 Å². The summed E-state index contributed by atoms with van der Waals surface area (Å²) >= 11 is 0. The van der Waals surface area contributed by atoms with E-state index in [4.69, 9.17) is 9.16 Å². The fraction of sp³-hybridized carbons (Fsp3) is 0.786. The minimum atomic E-state index is -1.74. The largest absolute Gasteiger partial charge is 0.463 e. The van der Waals surface area contributed by atoms with E-state index in [0.29, 0.717) is 6.61 Å². The molecule has 0 bridgehead atoms. The van der Waals surface area contributed by atoms with Crippen LogP contribution in [0.15, 0.2) is 11.8 Å². The molecule has 0 aromatic rings. The van der Waals surface area contributed by atoms with Gasteiger partial charge in [-0.1, -0.05) is 20.8 Å². The molecule has 4 nitrogen and oxygen atoms in total. The number of esters is 1. The molecule has 0 saturated carbocycles. The zero-order valence-corrected chi connectivity index (χ0v) is 14.0. The molecule has 0 aliphatic carbocycles. The third kappa shape index (κ3) is 4.65. The molecule has 0 spiro atoms. The van der Waals surface area contributed by atoms with Gasteiger partial charge in [-0.25, -0.2) is 4.79 Å². The summed E-state index contributed by atoms with van der Waals surface area (Å²) in [5, 5.41) is 3.44. The standard InChI is InChI=1S/C14H27NO3Si/c1-7-17-13(16)9-11-8-12(10-15-11)18-19(5,6)14(2,3)4/h9,12,15H,7-8,10H2,1-6H3/b11-9-/t12-/m0/s1. The van der Waals surface area contributed by atoms with Crippen molar-refractivity contribution in [2.45, 2.75) is 58.4 Å². The molecule has 110 valence electrons. The maximum Gasteiger partial charge on any atom is 0.332 e. The molecule has 0 radical (unpaired) electrons. The first-order chi connectivity index (χ1) is 8.65. The molecule has 1 N–H and O–H groups in total. The molecular weight excluding hydrogens is 258 g/mol. The molecule has 0 unspecified atom stereocenters. The summed E-state index contributed by atoms with van der Waals surface area (Å²) in [6.07, 6.45) is 2.48. The third-order valence-electron chi connectivity index (χ3n) is 3.85. The van der Waals surface area contributed by atoms with Crippen molar-refractivity contribution in [3.05, 3.63) is 11.8 Å². The van der Waals surface area contributed by atoms with Crippen molar-refractivity contribution in [1.82, 2.24) is 5.32 Å². The van der Waals surface area contributed by atoms with Gasteiger partial charge in [-0.3, -0.25) is 0 Å². The van der Waals surface area contributed by atoms with Crippen molar-refractivity contribution in [1.29, 1.82) is 0 Å². The van der Waals surface area contributed by atoms with E-state index >= 15 is 0 Å². The zero-order valence-electron chi connectivity index (χ0n) is 13.0. The highest BCUT2D eigenvalue weighted by molar-refractivity contribution is 6.74. The molecule has 1 saturated heterocycles. The number of rotatable bonds is 4. The fourth-order valence-corrected chi connectivity index (χ4v) is 3.10. The van der Waals surface area contributed by atoms with E-state index < -0.39 is 8.32 Å². The van der Waals surface area contributed by atoms with Crippen LogP contribution in [0.5, 0.6) is 0 Å². The normalized spacial score (nSPS) is 22.4. The first kappa shape index (κ1) is 16.2. The van der Waals surface area contributed by atoms with E-state index in [-0.39, 0.29) is 17.1 Å². The SMILES string of the molecule is CCOC(=O)/C=C1/C[C@H](O[Si](C)(C)C(C)(C)C)CN1. The number of ether oxygens (including phenoxy) is 1. The first-order valence-corrected chi connectivity index (χ1v) is 9.85. The van der Waals surface area contributed by atoms with Crippen LogP contribution in [0.1, 0.15) is 34.1 Å². The topological polar surface area (TPSA) is 47.6 Å². The number of hydrogen-bond acceptors (Lipinski definition) is 4. The lowest BCUT2D eigenvalue weighted by Crippen LogP contribution is -2.44. The highest BCUT2D eigenvalue weighted by Crippen LogP contribution is 2.38. The van der Waals surface area contributed by atoms with Crippen LogP contribution in [-0.2, 0) is 14.0 Å². The van der Waals surface area contributed by atoms with Gasteiger partial charge in [0.05, 0.1) is 12.7 Å². The van der Waals surface area contributed by atoms with Crippen LogP contribution >= 0.6 is 0 Å². The van der Waals surface area contributed by atoms with Crippen LogP contribution in [0.3, 0.4) is 0 Å². The van der Waals surface area contributed by atoms with Crippen LogP contribution in [0.2, 0.25) is 18.1 Å². The predicted molar refractivity (Wildman–Crippen MR) is 79.4 cm³/mol. The van der Waals surface area contributed by atoms with Crippen molar-refractivity contribution in [3.63, 3.8) is 0 Å². The molecule has 1 atom stereocenters. The van der Waals surface area contributed by atoms with Crippen LogP contribution in [0.25, 0.3) is 0 Å². The third-order valence-corrected chi connectivity index (χ3v) is 8.39. The Morgan fingerprint density at radius 1 is 1.47 bits per heavy atom. The molecule has 1 heterocycles. The van der Waals surface area contributed by atoms with Gasteiger partial charge in [-0.2, -0.15) is 0 Å². The Morgan fingerprint density at radius 2 is 2.11 bits per heavy atom. The quantitative estimate of drug-likeness (QED) is 0.490. The van der Waals surface area contributed by atoms with E-state index in [1.807, 2.05) is 6.92 Å². The summed E-state index contributed by atoms with van der Waals surface area (Å²) in [6, 6.07) is 0. The summed E-state index contributed by atoms with van der Waals surface area (Å²) in [6.45, 7) is 14.2. The molecular formula is C14H27NO3Si. The lowest BCUT2D eigenvalue weighted by Gasteiger charge is -2.38. The summed E-state index contributed by atoms with van der Waals surface area (Å²) in [4.78, 5) is 11.4. The number of carbonyl (C=O) groups is 1. The minimum Gasteiger partial charge on any atom is -0.463 e. The molecule has 1 aliphatic heterocycles. The average molecular weight is 285 g/mol. The predicted octanol–water partition coefficient (Wildman–Crippen LogP) is 2.82. The average Bonchev–Trinajstić information content (AvgIpc) is 2.63. The highest BCUT2D eigenvalue weighted by Gasteiger charge is 2.40. The van der Waals surface area contributed by atoms with Gasteiger partial charge in [0.15, 0.2) is 8.32 Å². The Balaban J connectivity index is 2.56. The number of hydrogen-bond donors (Lipinski definition) is 1. The van der Waals surface area contributed by atoms with Crippen LogP contribution in [0.4, 0.5) is 0 Å². The van der Waals surface area contributed by atoms with Crippen molar-refractivity contribution < 1.29 is 14.0 Å². The minimum absolute atomic E-state index is 0.168. The van der Waals surface area contributed by atoms with Gasteiger partial charge >= 0.3 is 5.97 Å². The highest BCUT2D eigenvalue weighted by atomic mass is 28.4. The zero-order chi connectivity index (χ0) is 14.7. The van der Waals surface area contributed by atoms with Crippen LogP contribution < -0.4 is 5.32 Å². The fourth-order valence-electron chi connectivity index (χ4n) is 1.75. The van der Waals surface area contributed by atoms with Gasteiger partial charge in [0.25, 0.3) is 0 Å². The van der Waals surface area contributed by atoms with Crippen molar-refractivity contribution in [2.75, 3.05) is 13.2 Å². The van der Waals surface area contributed by atoms with Crippen molar-refractivity contribution in [2.24, 2.45) is 0 Å². The molecule has 19 heavy (non-hydrogen) atoms. The molecule has 1 rings (SSSR count). The second-order valence-electron chi connectivity index (χ2n) is 6.51. The maximum atomic E-state index is 11.4. The molecule has 0 aromatic heterocycles. The van der Waals surface area contributed by atoms with Crippen LogP contribution in [0, 0.1) is 0 Å². The van der Waals surface area contributed by atoms with Gasteiger partial charge < -0.3 is 14.5 Å². The summed E-state index contributed by atoms with van der Waals surface area (Å²) in [5.41, 5.74) is 0.919.